The molecule has 21 heavy (non-hydrogen) atoms. The Morgan fingerprint density at radius 3 is 2.24 bits per heavy atom. The van der Waals surface area contributed by atoms with Gasteiger partial charge in [0.2, 0.25) is 0 Å². The number of hydroxylamine groups is 1. The highest BCUT2D eigenvalue weighted by Crippen LogP contribution is 2.08. The van der Waals surface area contributed by atoms with E-state index in [2.05, 4.69) is 5.43 Å². The van der Waals surface area contributed by atoms with Gasteiger partial charge >= 0.3 is 11.9 Å². The van der Waals surface area contributed by atoms with Crippen molar-refractivity contribution in [2.75, 3.05) is 6.54 Å². The molecule has 9 nitrogen and oxygen atoms in total. The Kier molecular flexibility index (Phi) is 9.84. The third-order valence-electron chi connectivity index (χ3n) is 3.06. The van der Waals surface area contributed by atoms with Gasteiger partial charge in [-0.1, -0.05) is 19.8 Å². The molecule has 0 unspecified atom stereocenters. The molecule has 3 atom stereocenters. The molecule has 0 radical (unpaired) electrons. The van der Waals surface area contributed by atoms with Gasteiger partial charge in [0.15, 0.2) is 0 Å². The van der Waals surface area contributed by atoms with Gasteiger partial charge in [0.25, 0.3) is 0 Å². The first kappa shape index (κ1) is 19.7. The number of hydrogen-bond acceptors (Lipinski definition) is 7. The highest BCUT2D eigenvalue weighted by Gasteiger charge is 2.28. The summed E-state index contributed by atoms with van der Waals surface area (Å²) in [4.78, 5) is 22.1. The first-order chi connectivity index (χ1) is 9.83. The molecule has 0 aliphatic carbocycles. The molecule has 0 bridgehead atoms. The van der Waals surface area contributed by atoms with E-state index < -0.39 is 30.1 Å². The quantitative estimate of drug-likeness (QED) is 0.258. The number of nitrogens with two attached hydrogens (primary N) is 1. The molecule has 0 aliphatic rings. The van der Waals surface area contributed by atoms with Crippen LogP contribution in [-0.2, 0) is 9.59 Å². The second-order valence-corrected chi connectivity index (χ2v) is 4.83. The molecular formula is C12H25N3O6. The van der Waals surface area contributed by atoms with Gasteiger partial charge in [-0.05, 0) is 19.3 Å². The van der Waals surface area contributed by atoms with E-state index in [1.807, 2.05) is 6.92 Å². The number of hydrogen-bond donors (Lipinski definition) is 6. The molecule has 9 heteroatoms. The van der Waals surface area contributed by atoms with Crippen LogP contribution in [0.3, 0.4) is 0 Å². The summed E-state index contributed by atoms with van der Waals surface area (Å²) in [7, 11) is 0. The highest BCUT2D eigenvalue weighted by molar-refractivity contribution is 5.74. The van der Waals surface area contributed by atoms with Gasteiger partial charge in [0.05, 0.1) is 6.10 Å². The molecule has 0 aromatic heterocycles. The van der Waals surface area contributed by atoms with Gasteiger partial charge < -0.3 is 21.1 Å². The van der Waals surface area contributed by atoms with E-state index in [1.54, 1.807) is 0 Å². The standard InChI is InChI=1S/C12H25N3O6/c1-2-3-4-10(12(19)20)15(21)14-9(11(17)18)6-5-8(16)7-13/h8-10,14,16,21H,2-7,13H2,1H3,(H,17,18)(H,19,20)/t8-,9+,10+/m1/s1. The Balaban J connectivity index is 4.58. The average Bonchev–Trinajstić information content (AvgIpc) is 2.42. The van der Waals surface area contributed by atoms with E-state index in [-0.39, 0.29) is 25.8 Å². The van der Waals surface area contributed by atoms with Crippen molar-refractivity contribution in [2.24, 2.45) is 5.73 Å². The third-order valence-corrected chi connectivity index (χ3v) is 3.06. The third kappa shape index (κ3) is 7.93. The van der Waals surface area contributed by atoms with Crippen LogP contribution in [0.25, 0.3) is 0 Å². The predicted octanol–water partition coefficient (Wildman–Crippen LogP) is -0.621. The van der Waals surface area contributed by atoms with Gasteiger partial charge in [-0.15, -0.1) is 5.17 Å². The maximum Gasteiger partial charge on any atom is 0.324 e. The smallest absolute Gasteiger partial charge is 0.324 e. The molecule has 0 aromatic carbocycles. The minimum Gasteiger partial charge on any atom is -0.480 e. The maximum absolute atomic E-state index is 11.1. The van der Waals surface area contributed by atoms with Gasteiger partial charge in [0, 0.05) is 6.54 Å². The molecule has 124 valence electrons. The molecule has 0 amide bonds. The fourth-order valence-electron chi connectivity index (χ4n) is 1.72. The first-order valence-corrected chi connectivity index (χ1v) is 6.91. The maximum atomic E-state index is 11.1. The normalized spacial score (nSPS) is 15.7. The van der Waals surface area contributed by atoms with Crippen LogP contribution in [0.2, 0.25) is 0 Å². The molecule has 0 spiro atoms. The van der Waals surface area contributed by atoms with Crippen LogP contribution in [0, 0.1) is 0 Å². The fraction of sp³-hybridized carbons (Fsp3) is 0.833. The van der Waals surface area contributed by atoms with E-state index in [0.717, 1.165) is 6.42 Å². The van der Waals surface area contributed by atoms with Crippen LogP contribution in [0.5, 0.6) is 0 Å². The van der Waals surface area contributed by atoms with Gasteiger partial charge in [-0.3, -0.25) is 14.8 Å². The van der Waals surface area contributed by atoms with E-state index in [1.165, 1.54) is 0 Å². The van der Waals surface area contributed by atoms with Crippen molar-refractivity contribution in [3.05, 3.63) is 0 Å². The monoisotopic (exact) mass is 307 g/mol. The number of aliphatic hydroxyl groups excluding tert-OH is 1. The van der Waals surface area contributed by atoms with Gasteiger partial charge in [-0.25, -0.2) is 5.43 Å². The SMILES string of the molecule is CCCC[C@@H](C(=O)O)N(O)N[C@@H](CC[C@@H](O)CN)C(=O)O. The molecule has 0 aromatic rings. The fourth-order valence-corrected chi connectivity index (χ4v) is 1.72. The van der Waals surface area contributed by atoms with Crippen molar-refractivity contribution in [1.82, 2.24) is 10.6 Å². The predicted molar refractivity (Wildman–Crippen MR) is 73.4 cm³/mol. The largest absolute Gasteiger partial charge is 0.480 e. The lowest BCUT2D eigenvalue weighted by Crippen LogP contribution is -2.53. The van der Waals surface area contributed by atoms with Crippen LogP contribution < -0.4 is 11.2 Å². The Labute approximate surface area is 123 Å². The number of nitrogens with zero attached hydrogens (tertiary/aromatic N) is 1. The lowest BCUT2D eigenvalue weighted by Gasteiger charge is -2.26. The van der Waals surface area contributed by atoms with E-state index >= 15 is 0 Å². The van der Waals surface area contributed by atoms with E-state index in [4.69, 9.17) is 15.9 Å². The summed E-state index contributed by atoms with van der Waals surface area (Å²) in [6.07, 6.45) is 0.817. The molecule has 0 fully saturated rings. The summed E-state index contributed by atoms with van der Waals surface area (Å²) in [5.74, 6) is -2.50. The molecule has 0 saturated carbocycles. The number of unbranched alkanes of at least 4 members (excludes halogenated alkanes) is 1. The van der Waals surface area contributed by atoms with Crippen LogP contribution in [0.4, 0.5) is 0 Å². The van der Waals surface area contributed by atoms with Crippen LogP contribution in [0.1, 0.15) is 39.0 Å². The topological polar surface area (TPSA) is 156 Å². The van der Waals surface area contributed by atoms with Crippen molar-refractivity contribution < 1.29 is 30.1 Å². The summed E-state index contributed by atoms with van der Waals surface area (Å²) in [6.45, 7) is 1.88. The molecule has 0 aliphatic heterocycles. The summed E-state index contributed by atoms with van der Waals surface area (Å²) in [6, 6.07) is -2.44. The average molecular weight is 307 g/mol. The van der Waals surface area contributed by atoms with Gasteiger partial charge in [0.1, 0.15) is 12.1 Å². The molecule has 7 N–H and O–H groups in total. The summed E-state index contributed by atoms with van der Waals surface area (Å²) in [5.41, 5.74) is 7.47. The number of aliphatic carboxylic acids is 2. The molecular weight excluding hydrogens is 282 g/mol. The Hall–Kier alpha value is -1.26. The van der Waals surface area contributed by atoms with Crippen molar-refractivity contribution in [3.8, 4) is 0 Å². The summed E-state index contributed by atoms with van der Waals surface area (Å²) < 4.78 is 0. The van der Waals surface area contributed by atoms with Crippen molar-refractivity contribution in [1.29, 1.82) is 0 Å². The Morgan fingerprint density at radius 2 is 1.81 bits per heavy atom. The van der Waals surface area contributed by atoms with Crippen LogP contribution >= 0.6 is 0 Å². The first-order valence-electron chi connectivity index (χ1n) is 6.91. The highest BCUT2D eigenvalue weighted by atomic mass is 16.5. The van der Waals surface area contributed by atoms with Crippen molar-refractivity contribution >= 4 is 11.9 Å². The minimum atomic E-state index is -1.25. The van der Waals surface area contributed by atoms with Crippen LogP contribution in [0.15, 0.2) is 0 Å². The minimum absolute atomic E-state index is 0.00340. The van der Waals surface area contributed by atoms with Crippen LogP contribution in [-0.4, -0.2) is 62.4 Å². The lowest BCUT2D eigenvalue weighted by atomic mass is 10.1. The second kappa shape index (κ2) is 10.5. The summed E-state index contributed by atoms with van der Waals surface area (Å²) >= 11 is 0. The zero-order valence-electron chi connectivity index (χ0n) is 12.1. The molecule has 0 heterocycles. The lowest BCUT2D eigenvalue weighted by molar-refractivity contribution is -0.200. The number of carbonyl (C=O) groups is 2. The molecule has 0 saturated heterocycles. The zero-order valence-corrected chi connectivity index (χ0v) is 12.1. The number of hydrazine groups is 1. The van der Waals surface area contributed by atoms with E-state index in [0.29, 0.717) is 11.6 Å². The number of rotatable bonds is 12. The van der Waals surface area contributed by atoms with Gasteiger partial charge in [-0.2, -0.15) is 0 Å². The molecule has 0 rings (SSSR count). The Morgan fingerprint density at radius 1 is 1.19 bits per heavy atom. The number of aliphatic hydroxyl groups is 1. The second-order valence-electron chi connectivity index (χ2n) is 4.83. The van der Waals surface area contributed by atoms with Crippen molar-refractivity contribution in [3.63, 3.8) is 0 Å². The number of carboxylic acids is 2. The number of carboxylic acid groups (broad SMARTS) is 2. The van der Waals surface area contributed by atoms with Crippen molar-refractivity contribution in [2.45, 2.75) is 57.2 Å². The zero-order chi connectivity index (χ0) is 16.4. The number of nitrogens with one attached hydrogen (secondary N) is 1. The Bertz CT molecular complexity index is 328. The summed E-state index contributed by atoms with van der Waals surface area (Å²) in [5, 5.41) is 37.5. The van der Waals surface area contributed by atoms with E-state index in [9.17, 15) is 19.9 Å².